The van der Waals surface area contributed by atoms with Crippen LogP contribution in [-0.4, -0.2) is 30.2 Å². The van der Waals surface area contributed by atoms with Gasteiger partial charge in [-0.1, -0.05) is 42.5 Å². The predicted octanol–water partition coefficient (Wildman–Crippen LogP) is 5.17. The van der Waals surface area contributed by atoms with Crippen LogP contribution in [0.4, 0.5) is 13.2 Å². The van der Waals surface area contributed by atoms with Crippen LogP contribution >= 0.6 is 0 Å². The highest BCUT2D eigenvalue weighted by molar-refractivity contribution is 5.98. The summed E-state index contributed by atoms with van der Waals surface area (Å²) in [5.41, 5.74) is 1.37. The molecule has 2 atom stereocenters. The van der Waals surface area contributed by atoms with E-state index in [1.54, 1.807) is 6.07 Å². The van der Waals surface area contributed by atoms with Gasteiger partial charge in [0, 0.05) is 18.6 Å². The van der Waals surface area contributed by atoms with Crippen molar-refractivity contribution in [3.8, 4) is 11.1 Å². The van der Waals surface area contributed by atoms with Crippen LogP contribution in [0.15, 0.2) is 54.6 Å². The molecule has 0 saturated carbocycles. The third-order valence-corrected chi connectivity index (χ3v) is 5.95. The third kappa shape index (κ3) is 4.79. The Balaban J connectivity index is 1.80. The van der Waals surface area contributed by atoms with Gasteiger partial charge in [-0.15, -0.1) is 0 Å². The van der Waals surface area contributed by atoms with Crippen LogP contribution < -0.4 is 10.6 Å². The number of rotatable bonds is 6. The molecule has 0 bridgehead atoms. The van der Waals surface area contributed by atoms with Crippen LogP contribution in [0, 0.1) is 0 Å². The number of hydrogen-bond donors (Lipinski definition) is 3. The van der Waals surface area contributed by atoms with Gasteiger partial charge >= 0.3 is 12.1 Å². The summed E-state index contributed by atoms with van der Waals surface area (Å²) in [5, 5.41) is 17.9. The highest BCUT2D eigenvalue weighted by Crippen LogP contribution is 2.37. The molecule has 0 unspecified atom stereocenters. The molecule has 0 amide bonds. The van der Waals surface area contributed by atoms with Gasteiger partial charge in [0.25, 0.3) is 0 Å². The Kier molecular flexibility index (Phi) is 6.22. The third-order valence-electron chi connectivity index (χ3n) is 5.95. The number of benzene rings is 3. The zero-order chi connectivity index (χ0) is 22.9. The largest absolute Gasteiger partial charge is 0.481 e. The standard InChI is InChI=1S/C25H25F3N2O2/c1-15(30-19-8-9-29-14-19)20-4-2-7-23-21(5-3-6-22(20)23)17-10-16(12-24(31)32)11-18(13-17)25(26,27)28/h2-7,10-11,13,15,19,29-30H,8-9,12,14H2,1H3,(H,31,32)/t15-,19+/m1/s1. The second kappa shape index (κ2) is 8.92. The number of carbonyl (C=O) groups is 1. The number of fused-ring (bicyclic) bond motifs is 1. The predicted molar refractivity (Wildman–Crippen MR) is 119 cm³/mol. The Morgan fingerprint density at radius 3 is 2.59 bits per heavy atom. The van der Waals surface area contributed by atoms with Gasteiger partial charge < -0.3 is 15.7 Å². The summed E-state index contributed by atoms with van der Waals surface area (Å²) in [4.78, 5) is 11.2. The van der Waals surface area contributed by atoms with Crippen molar-refractivity contribution in [3.63, 3.8) is 0 Å². The molecular formula is C25H25F3N2O2. The summed E-state index contributed by atoms with van der Waals surface area (Å²) in [6.45, 7) is 3.99. The summed E-state index contributed by atoms with van der Waals surface area (Å²) in [7, 11) is 0. The van der Waals surface area contributed by atoms with Crippen LogP contribution in [0.3, 0.4) is 0 Å². The molecule has 1 aliphatic heterocycles. The highest BCUT2D eigenvalue weighted by atomic mass is 19.4. The number of alkyl halides is 3. The van der Waals surface area contributed by atoms with E-state index in [1.165, 1.54) is 6.07 Å². The van der Waals surface area contributed by atoms with Crippen molar-refractivity contribution in [1.29, 1.82) is 0 Å². The molecule has 32 heavy (non-hydrogen) atoms. The second-order valence-corrected chi connectivity index (χ2v) is 8.31. The Morgan fingerprint density at radius 2 is 1.91 bits per heavy atom. The molecule has 4 rings (SSSR count). The lowest BCUT2D eigenvalue weighted by Gasteiger charge is -2.21. The first-order valence-electron chi connectivity index (χ1n) is 10.6. The van der Waals surface area contributed by atoms with Crippen LogP contribution in [0.2, 0.25) is 0 Å². The fraction of sp³-hybridized carbons (Fsp3) is 0.320. The summed E-state index contributed by atoms with van der Waals surface area (Å²) >= 11 is 0. The maximum Gasteiger partial charge on any atom is 0.416 e. The molecule has 0 aliphatic carbocycles. The normalized spacial score (nSPS) is 17.6. The van der Waals surface area contributed by atoms with Crippen molar-refractivity contribution < 1.29 is 23.1 Å². The lowest BCUT2D eigenvalue weighted by molar-refractivity contribution is -0.138. The molecule has 168 valence electrons. The first kappa shape index (κ1) is 22.3. The van der Waals surface area contributed by atoms with E-state index in [1.807, 2.05) is 30.3 Å². The van der Waals surface area contributed by atoms with Gasteiger partial charge in [0.15, 0.2) is 0 Å². The fourth-order valence-corrected chi connectivity index (χ4v) is 4.49. The monoisotopic (exact) mass is 442 g/mol. The number of carboxylic acid groups (broad SMARTS) is 1. The van der Waals surface area contributed by atoms with E-state index < -0.39 is 24.1 Å². The Morgan fingerprint density at radius 1 is 1.16 bits per heavy atom. The molecule has 1 heterocycles. The minimum atomic E-state index is -4.56. The van der Waals surface area contributed by atoms with E-state index in [0.717, 1.165) is 48.0 Å². The second-order valence-electron chi connectivity index (χ2n) is 8.31. The molecule has 1 saturated heterocycles. The van der Waals surface area contributed by atoms with E-state index in [2.05, 4.69) is 17.6 Å². The zero-order valence-electron chi connectivity index (χ0n) is 17.7. The molecule has 0 aromatic heterocycles. The molecule has 0 spiro atoms. The molecule has 1 fully saturated rings. The van der Waals surface area contributed by atoms with E-state index in [0.29, 0.717) is 17.2 Å². The van der Waals surface area contributed by atoms with Crippen molar-refractivity contribution in [2.45, 2.75) is 38.0 Å². The highest BCUT2D eigenvalue weighted by Gasteiger charge is 2.31. The van der Waals surface area contributed by atoms with E-state index >= 15 is 0 Å². The van der Waals surface area contributed by atoms with Crippen LogP contribution in [0.5, 0.6) is 0 Å². The number of carboxylic acids is 1. The molecule has 3 aromatic rings. The lowest BCUT2D eigenvalue weighted by Crippen LogP contribution is -2.33. The van der Waals surface area contributed by atoms with Crippen molar-refractivity contribution in [2.75, 3.05) is 13.1 Å². The van der Waals surface area contributed by atoms with Crippen LogP contribution in [-0.2, 0) is 17.4 Å². The van der Waals surface area contributed by atoms with Crippen LogP contribution in [0.1, 0.15) is 36.1 Å². The minimum Gasteiger partial charge on any atom is -0.481 e. The first-order valence-corrected chi connectivity index (χ1v) is 10.6. The Bertz CT molecular complexity index is 1140. The first-order chi connectivity index (χ1) is 15.2. The van der Waals surface area contributed by atoms with Gasteiger partial charge in [0.05, 0.1) is 12.0 Å². The molecule has 0 radical (unpaired) electrons. The minimum absolute atomic E-state index is 0.0722. The van der Waals surface area contributed by atoms with Gasteiger partial charge in [-0.05, 0) is 65.0 Å². The van der Waals surface area contributed by atoms with Crippen molar-refractivity contribution in [2.24, 2.45) is 0 Å². The molecular weight excluding hydrogens is 417 g/mol. The summed E-state index contributed by atoms with van der Waals surface area (Å²) in [6.07, 6.45) is -3.98. The van der Waals surface area contributed by atoms with E-state index in [4.69, 9.17) is 5.11 Å². The van der Waals surface area contributed by atoms with Crippen molar-refractivity contribution in [3.05, 3.63) is 71.3 Å². The lowest BCUT2D eigenvalue weighted by atomic mass is 9.91. The average Bonchev–Trinajstić information content (AvgIpc) is 3.24. The van der Waals surface area contributed by atoms with Gasteiger partial charge in [-0.25, -0.2) is 0 Å². The van der Waals surface area contributed by atoms with E-state index in [-0.39, 0.29) is 11.6 Å². The molecule has 3 N–H and O–H groups in total. The van der Waals surface area contributed by atoms with Crippen LogP contribution in [0.25, 0.3) is 21.9 Å². The summed E-state index contributed by atoms with van der Waals surface area (Å²) in [5.74, 6) is -1.17. The maximum atomic E-state index is 13.5. The fourth-order valence-electron chi connectivity index (χ4n) is 4.49. The number of hydrogen-bond acceptors (Lipinski definition) is 3. The quantitative estimate of drug-likeness (QED) is 0.493. The van der Waals surface area contributed by atoms with Gasteiger partial charge in [-0.3, -0.25) is 4.79 Å². The maximum absolute atomic E-state index is 13.5. The number of nitrogens with one attached hydrogen (secondary N) is 2. The van der Waals surface area contributed by atoms with E-state index in [9.17, 15) is 18.0 Å². The Hall–Kier alpha value is -2.90. The van der Waals surface area contributed by atoms with Gasteiger partial charge in [0.1, 0.15) is 0 Å². The zero-order valence-corrected chi connectivity index (χ0v) is 17.7. The number of halogens is 3. The number of aliphatic carboxylic acids is 1. The average molecular weight is 442 g/mol. The summed E-state index contributed by atoms with van der Waals surface area (Å²) in [6, 6.07) is 15.4. The molecule has 1 aliphatic rings. The molecule has 3 aromatic carbocycles. The van der Waals surface area contributed by atoms with Crippen molar-refractivity contribution in [1.82, 2.24) is 10.6 Å². The molecule has 4 nitrogen and oxygen atoms in total. The Labute approximate surface area is 184 Å². The SMILES string of the molecule is C[C@@H](N[C@H]1CCNC1)c1cccc2c(-c3cc(CC(=O)O)cc(C(F)(F)F)c3)cccc12. The summed E-state index contributed by atoms with van der Waals surface area (Å²) < 4.78 is 40.6. The molecule has 7 heteroatoms. The topological polar surface area (TPSA) is 61.4 Å². The smallest absolute Gasteiger partial charge is 0.416 e. The van der Waals surface area contributed by atoms with Gasteiger partial charge in [0.2, 0.25) is 0 Å². The van der Waals surface area contributed by atoms with Gasteiger partial charge in [-0.2, -0.15) is 13.2 Å². The van der Waals surface area contributed by atoms with Crippen molar-refractivity contribution >= 4 is 16.7 Å².